The van der Waals surface area contributed by atoms with Crippen LogP contribution in [0.5, 0.6) is 0 Å². The lowest BCUT2D eigenvalue weighted by Gasteiger charge is -2.53. The van der Waals surface area contributed by atoms with Gasteiger partial charge in [-0.2, -0.15) is 0 Å². The van der Waals surface area contributed by atoms with E-state index >= 15 is 0 Å². The molecule has 1 N–H and O–H groups in total. The van der Waals surface area contributed by atoms with E-state index in [9.17, 15) is 9.59 Å². The number of unbranched alkanes of at least 4 members (excludes halogenated alkanes) is 4. The molecule has 6 nitrogen and oxygen atoms in total. The van der Waals surface area contributed by atoms with Crippen LogP contribution < -0.4 is 0 Å². The summed E-state index contributed by atoms with van der Waals surface area (Å²) in [7, 11) is 0. The first-order valence-electron chi connectivity index (χ1n) is 13.7. The summed E-state index contributed by atoms with van der Waals surface area (Å²) >= 11 is 13.4. The average molecular weight is 550 g/mol. The van der Waals surface area contributed by atoms with E-state index in [2.05, 4.69) is 55.4 Å². The molecule has 8 heteroatoms. The summed E-state index contributed by atoms with van der Waals surface area (Å²) in [5, 5.41) is 8.84. The molecule has 210 valence electrons. The average Bonchev–Trinajstić information content (AvgIpc) is 2.71. The standard InChI is InChI=1S/C28H50Cl2N2O4/c1-25(2)16-20(17-26(3,4)31(25)29)22(14-12-10-9-11-13-15-23(33)34)24(35)36-21-18-27(5,6)32(30)28(7,8)19-21/h20-22H,9-19H2,1-8H3,(H,33,34). The van der Waals surface area contributed by atoms with Crippen LogP contribution >= 0.6 is 23.6 Å². The van der Waals surface area contributed by atoms with E-state index in [4.69, 9.17) is 33.4 Å². The summed E-state index contributed by atoms with van der Waals surface area (Å²) in [6.07, 6.45) is 8.50. The number of carbonyl (C=O) groups excluding carboxylic acids is 1. The number of piperidine rings is 2. The number of hydrogen-bond acceptors (Lipinski definition) is 5. The number of esters is 1. The Balaban J connectivity index is 2.12. The maximum atomic E-state index is 13.8. The largest absolute Gasteiger partial charge is 0.481 e. The van der Waals surface area contributed by atoms with Crippen molar-refractivity contribution in [3.05, 3.63) is 0 Å². The highest BCUT2D eigenvalue weighted by Gasteiger charge is 2.50. The number of hydrogen-bond donors (Lipinski definition) is 1. The maximum Gasteiger partial charge on any atom is 0.309 e. The van der Waals surface area contributed by atoms with Crippen LogP contribution in [0, 0.1) is 11.8 Å². The van der Waals surface area contributed by atoms with Crippen molar-refractivity contribution in [3.8, 4) is 0 Å². The van der Waals surface area contributed by atoms with Gasteiger partial charge in [0.2, 0.25) is 0 Å². The normalized spacial score (nSPS) is 25.4. The highest BCUT2D eigenvalue weighted by Crippen LogP contribution is 2.47. The number of aliphatic carboxylic acids is 1. The molecule has 0 saturated carbocycles. The monoisotopic (exact) mass is 548 g/mol. The molecule has 0 bridgehead atoms. The van der Waals surface area contributed by atoms with Gasteiger partial charge in [-0.15, -0.1) is 0 Å². The molecular weight excluding hydrogens is 499 g/mol. The van der Waals surface area contributed by atoms with Crippen molar-refractivity contribution in [2.45, 2.75) is 154 Å². The molecule has 0 aromatic carbocycles. The molecule has 2 rings (SSSR count). The second-order valence-electron chi connectivity index (χ2n) is 13.8. The second kappa shape index (κ2) is 12.1. The van der Waals surface area contributed by atoms with Crippen LogP contribution in [0.15, 0.2) is 0 Å². The van der Waals surface area contributed by atoms with Crippen molar-refractivity contribution in [1.29, 1.82) is 0 Å². The third-order valence-corrected chi connectivity index (χ3v) is 9.99. The summed E-state index contributed by atoms with van der Waals surface area (Å²) in [6.45, 7) is 17.0. The Morgan fingerprint density at radius 1 is 0.778 bits per heavy atom. The number of halogens is 2. The number of ether oxygens (including phenoxy) is 1. The zero-order chi connectivity index (χ0) is 27.5. The molecule has 2 aliphatic rings. The van der Waals surface area contributed by atoms with Crippen LogP contribution in [0.4, 0.5) is 0 Å². The van der Waals surface area contributed by atoms with Crippen molar-refractivity contribution in [2.75, 3.05) is 0 Å². The lowest BCUT2D eigenvalue weighted by Crippen LogP contribution is -2.58. The zero-order valence-corrected chi connectivity index (χ0v) is 25.3. The molecule has 1 unspecified atom stereocenters. The minimum absolute atomic E-state index is 0.0832. The van der Waals surface area contributed by atoms with Crippen molar-refractivity contribution in [2.24, 2.45) is 11.8 Å². The smallest absolute Gasteiger partial charge is 0.309 e. The van der Waals surface area contributed by atoms with Gasteiger partial charge in [0.15, 0.2) is 0 Å². The molecule has 0 spiro atoms. The Hall–Kier alpha value is -0.560. The summed E-state index contributed by atoms with van der Waals surface area (Å²) in [6, 6.07) is 0. The topological polar surface area (TPSA) is 70.1 Å². The number of carbonyl (C=O) groups is 2. The third-order valence-electron chi connectivity index (χ3n) is 8.16. The lowest BCUT2D eigenvalue weighted by molar-refractivity contribution is -0.165. The van der Waals surface area contributed by atoms with Crippen LogP contribution in [0.3, 0.4) is 0 Å². The minimum Gasteiger partial charge on any atom is -0.481 e. The Bertz CT molecular complexity index is 733. The summed E-state index contributed by atoms with van der Waals surface area (Å²) in [4.78, 5) is 24.5. The van der Waals surface area contributed by atoms with E-state index in [-0.39, 0.29) is 52.5 Å². The SMILES string of the molecule is CC1(C)CC(OC(=O)C(CCCCCCCC(=O)O)C2CC(C)(C)N(Cl)C(C)(C)C2)CC(C)(C)N1Cl. The highest BCUT2D eigenvalue weighted by molar-refractivity contribution is 6.14. The minimum atomic E-state index is -0.736. The first-order valence-corrected chi connectivity index (χ1v) is 14.4. The molecule has 0 aromatic rings. The van der Waals surface area contributed by atoms with Crippen LogP contribution in [0.25, 0.3) is 0 Å². The third kappa shape index (κ3) is 8.22. The van der Waals surface area contributed by atoms with Gasteiger partial charge in [0, 0.05) is 41.4 Å². The summed E-state index contributed by atoms with van der Waals surface area (Å²) in [5.74, 6) is -0.799. The molecule has 2 fully saturated rings. The molecular formula is C28H50Cl2N2O4. The van der Waals surface area contributed by atoms with Crippen molar-refractivity contribution in [3.63, 3.8) is 0 Å². The van der Waals surface area contributed by atoms with E-state index in [1.807, 2.05) is 8.84 Å². The Morgan fingerprint density at radius 2 is 1.19 bits per heavy atom. The molecule has 2 heterocycles. The number of rotatable bonds is 11. The molecule has 0 aromatic heterocycles. The van der Waals surface area contributed by atoms with Gasteiger partial charge >= 0.3 is 11.9 Å². The van der Waals surface area contributed by atoms with Crippen LogP contribution in [-0.4, -0.2) is 54.1 Å². The van der Waals surface area contributed by atoms with Gasteiger partial charge in [-0.25, -0.2) is 8.84 Å². The van der Waals surface area contributed by atoms with Crippen molar-refractivity contribution >= 4 is 35.5 Å². The molecule has 2 aliphatic heterocycles. The van der Waals surface area contributed by atoms with Gasteiger partial charge in [0.25, 0.3) is 0 Å². The van der Waals surface area contributed by atoms with Crippen LogP contribution in [0.1, 0.15) is 126 Å². The predicted molar refractivity (Wildman–Crippen MR) is 147 cm³/mol. The maximum absolute atomic E-state index is 13.8. The van der Waals surface area contributed by atoms with Gasteiger partial charge in [-0.1, -0.05) is 25.7 Å². The first-order chi connectivity index (χ1) is 16.4. The molecule has 0 amide bonds. The predicted octanol–water partition coefficient (Wildman–Crippen LogP) is 7.56. The second-order valence-corrected chi connectivity index (χ2v) is 14.4. The number of nitrogens with zero attached hydrogens (tertiary/aromatic N) is 2. The quantitative estimate of drug-likeness (QED) is 0.163. The van der Waals surface area contributed by atoms with Crippen LogP contribution in [0.2, 0.25) is 0 Å². The molecule has 0 radical (unpaired) electrons. The van der Waals surface area contributed by atoms with E-state index < -0.39 is 5.97 Å². The number of carboxylic acid groups (broad SMARTS) is 1. The molecule has 0 aliphatic carbocycles. The highest BCUT2D eigenvalue weighted by atomic mass is 35.5. The number of carboxylic acids is 1. The Morgan fingerprint density at radius 3 is 1.67 bits per heavy atom. The lowest BCUT2D eigenvalue weighted by atomic mass is 9.69. The fourth-order valence-electron chi connectivity index (χ4n) is 6.84. The Kier molecular flexibility index (Phi) is 10.6. The fourth-order valence-corrected chi connectivity index (χ4v) is 7.11. The van der Waals surface area contributed by atoms with E-state index in [0.29, 0.717) is 19.3 Å². The Labute approximate surface area is 229 Å². The molecule has 2 saturated heterocycles. The van der Waals surface area contributed by atoms with E-state index in [0.717, 1.165) is 44.9 Å². The first kappa shape index (κ1) is 31.7. The summed E-state index contributed by atoms with van der Waals surface area (Å²) < 4.78 is 10.1. The molecule has 1 atom stereocenters. The van der Waals surface area contributed by atoms with Gasteiger partial charge in [0.05, 0.1) is 5.92 Å². The van der Waals surface area contributed by atoms with Gasteiger partial charge in [0.1, 0.15) is 6.10 Å². The van der Waals surface area contributed by atoms with Crippen molar-refractivity contribution < 1.29 is 19.4 Å². The van der Waals surface area contributed by atoms with E-state index in [1.54, 1.807) is 0 Å². The molecule has 36 heavy (non-hydrogen) atoms. The van der Waals surface area contributed by atoms with Gasteiger partial charge < -0.3 is 9.84 Å². The summed E-state index contributed by atoms with van der Waals surface area (Å²) in [5.41, 5.74) is -0.990. The zero-order valence-electron chi connectivity index (χ0n) is 23.8. The van der Waals surface area contributed by atoms with Crippen LogP contribution in [-0.2, 0) is 14.3 Å². The fraction of sp³-hybridized carbons (Fsp3) is 0.929. The van der Waals surface area contributed by atoms with Gasteiger partial charge in [-0.05, 0) is 111 Å². The van der Waals surface area contributed by atoms with Crippen molar-refractivity contribution in [1.82, 2.24) is 8.84 Å². The van der Waals surface area contributed by atoms with Gasteiger partial charge in [-0.3, -0.25) is 9.59 Å². The van der Waals surface area contributed by atoms with E-state index in [1.165, 1.54) is 0 Å².